The van der Waals surface area contributed by atoms with Gasteiger partial charge in [0.2, 0.25) is 0 Å². The summed E-state index contributed by atoms with van der Waals surface area (Å²) in [5.74, 6) is -4.18. The van der Waals surface area contributed by atoms with Crippen LogP contribution in [0.15, 0.2) is 36.4 Å². The molecule has 2 aromatic carbocycles. The van der Waals surface area contributed by atoms with Crippen molar-refractivity contribution in [1.29, 1.82) is 0 Å². The third-order valence-corrected chi connectivity index (χ3v) is 8.54. The van der Waals surface area contributed by atoms with Gasteiger partial charge in [-0.05, 0) is 61.8 Å². The molecule has 14 heteroatoms. The molecule has 0 radical (unpaired) electrons. The Morgan fingerprint density at radius 2 is 1.51 bits per heavy atom. The molecule has 43 heavy (non-hydrogen) atoms. The Labute approximate surface area is 255 Å². The van der Waals surface area contributed by atoms with E-state index in [9.17, 15) is 28.0 Å². The number of carbonyl (C=O) groups excluding carboxylic acids is 3. The molecule has 2 bridgehead atoms. The molecule has 5 rings (SSSR count). The monoisotopic (exact) mass is 642 g/mol. The molecule has 0 spiro atoms. The Morgan fingerprint density at radius 1 is 0.953 bits per heavy atom. The Kier molecular flexibility index (Phi) is 10.1. The fourth-order valence-corrected chi connectivity index (χ4v) is 5.89. The summed E-state index contributed by atoms with van der Waals surface area (Å²) in [5, 5.41) is 11.8. The van der Waals surface area contributed by atoms with Gasteiger partial charge in [0.15, 0.2) is 12.4 Å². The fraction of sp³-hybridized carbons (Fsp3) is 0.448. The SMILES string of the molecule is N[C@@H](CC(=O)O[C@H]1CC2(CC(=O)COc3ccc(Cl)c(F)c3)CCC1(NC(=O)COc1ccc(Cl)c(F)c1)CC2)C(=O)O. The molecule has 4 N–H and O–H groups in total. The molecule has 0 unspecified atom stereocenters. The van der Waals surface area contributed by atoms with Gasteiger partial charge in [-0.2, -0.15) is 0 Å². The van der Waals surface area contributed by atoms with Gasteiger partial charge in [-0.15, -0.1) is 0 Å². The van der Waals surface area contributed by atoms with Crippen LogP contribution >= 0.6 is 23.2 Å². The molecule has 0 saturated heterocycles. The number of nitrogens with one attached hydrogen (secondary N) is 1. The van der Waals surface area contributed by atoms with E-state index in [0.29, 0.717) is 25.7 Å². The highest BCUT2D eigenvalue weighted by atomic mass is 35.5. The minimum absolute atomic E-state index is 0.0760. The standard InChI is InChI=1S/C29H30Cl2F2N2O8/c30-19-3-1-17(9-21(19)32)41-14-16(36)12-28-5-7-29(8-6-28,24(13-28)43-26(38)11-23(34)27(39)40)35-25(37)15-42-18-2-4-20(31)22(33)10-18/h1-4,9-10,23-24H,5-8,11-15,34H2,(H,35,37)(H,39,40)/t23-,24-,28?,29?/m0/s1. The molecule has 0 aromatic heterocycles. The number of fused-ring (bicyclic) bond motifs is 3. The maximum Gasteiger partial charge on any atom is 0.321 e. The molecular formula is C29H30Cl2F2N2O8. The quantitative estimate of drug-likeness (QED) is 0.272. The van der Waals surface area contributed by atoms with Gasteiger partial charge in [-0.25, -0.2) is 8.78 Å². The summed E-state index contributed by atoms with van der Waals surface area (Å²) in [7, 11) is 0. The van der Waals surface area contributed by atoms with Crippen molar-refractivity contribution in [2.75, 3.05) is 13.2 Å². The van der Waals surface area contributed by atoms with Crippen LogP contribution < -0.4 is 20.5 Å². The zero-order valence-electron chi connectivity index (χ0n) is 22.9. The van der Waals surface area contributed by atoms with Crippen molar-refractivity contribution in [3.05, 3.63) is 58.1 Å². The summed E-state index contributed by atoms with van der Waals surface area (Å²) >= 11 is 11.4. The number of carboxylic acid groups (broad SMARTS) is 1. The highest BCUT2D eigenvalue weighted by Gasteiger charge is 2.57. The number of hydrogen-bond acceptors (Lipinski definition) is 8. The van der Waals surface area contributed by atoms with Gasteiger partial charge in [0.05, 0.1) is 22.0 Å². The Balaban J connectivity index is 1.43. The highest BCUT2D eigenvalue weighted by molar-refractivity contribution is 6.31. The predicted molar refractivity (Wildman–Crippen MR) is 150 cm³/mol. The predicted octanol–water partition coefficient (Wildman–Crippen LogP) is 4.22. The number of aliphatic carboxylic acids is 1. The minimum Gasteiger partial charge on any atom is -0.486 e. The minimum atomic E-state index is -1.47. The highest BCUT2D eigenvalue weighted by Crippen LogP contribution is 2.55. The van der Waals surface area contributed by atoms with Crippen molar-refractivity contribution >= 4 is 46.8 Å². The zero-order valence-corrected chi connectivity index (χ0v) is 24.4. The second kappa shape index (κ2) is 13.4. The van der Waals surface area contributed by atoms with Gasteiger partial charge < -0.3 is 30.4 Å². The molecule has 2 aromatic rings. The van der Waals surface area contributed by atoms with Gasteiger partial charge in [0, 0.05) is 18.6 Å². The number of nitrogens with two attached hydrogens (primary N) is 1. The van der Waals surface area contributed by atoms with E-state index in [0.717, 1.165) is 12.1 Å². The zero-order chi connectivity index (χ0) is 31.4. The molecule has 2 atom stereocenters. The van der Waals surface area contributed by atoms with Crippen molar-refractivity contribution in [2.45, 2.75) is 62.6 Å². The van der Waals surface area contributed by atoms with Crippen molar-refractivity contribution in [1.82, 2.24) is 5.32 Å². The van der Waals surface area contributed by atoms with Gasteiger partial charge in [-0.1, -0.05) is 23.2 Å². The lowest BCUT2D eigenvalue weighted by Gasteiger charge is -2.57. The number of rotatable bonds is 13. The first-order chi connectivity index (χ1) is 20.3. The van der Waals surface area contributed by atoms with Crippen LogP contribution in [0.3, 0.4) is 0 Å². The van der Waals surface area contributed by atoms with Crippen LogP contribution in [0.1, 0.15) is 44.9 Å². The molecule has 10 nitrogen and oxygen atoms in total. The number of halogens is 4. The van der Waals surface area contributed by atoms with E-state index >= 15 is 0 Å². The number of esters is 1. The summed E-state index contributed by atoms with van der Waals surface area (Å²) < 4.78 is 44.0. The number of amides is 1. The van der Waals surface area contributed by atoms with Gasteiger partial charge >= 0.3 is 11.9 Å². The summed E-state index contributed by atoms with van der Waals surface area (Å²) in [4.78, 5) is 49.7. The molecule has 3 aliphatic rings. The second-order valence-corrected chi connectivity index (χ2v) is 11.8. The van der Waals surface area contributed by atoms with Crippen molar-refractivity contribution < 1.29 is 47.3 Å². The van der Waals surface area contributed by atoms with Crippen LogP contribution in [-0.2, 0) is 23.9 Å². The molecule has 3 fully saturated rings. The van der Waals surface area contributed by atoms with Gasteiger partial charge in [0.1, 0.15) is 41.9 Å². The van der Waals surface area contributed by atoms with E-state index < -0.39 is 65.6 Å². The molecule has 3 saturated carbocycles. The summed E-state index contributed by atoms with van der Waals surface area (Å²) in [6.07, 6.45) is 0.563. The Hall–Kier alpha value is -3.48. The topological polar surface area (TPSA) is 154 Å². The smallest absolute Gasteiger partial charge is 0.321 e. The number of ether oxygens (including phenoxy) is 3. The van der Waals surface area contributed by atoms with Crippen LogP contribution in [0.4, 0.5) is 8.78 Å². The third-order valence-electron chi connectivity index (χ3n) is 7.93. The first kappa shape index (κ1) is 32.4. The van der Waals surface area contributed by atoms with Crippen molar-refractivity contribution in [3.8, 4) is 11.5 Å². The molecule has 1 amide bonds. The molecule has 0 heterocycles. The number of Topliss-reactive ketones (excluding diaryl/α,β-unsaturated/α-hetero) is 1. The first-order valence-electron chi connectivity index (χ1n) is 13.5. The fourth-order valence-electron chi connectivity index (χ4n) is 5.65. The van der Waals surface area contributed by atoms with E-state index in [1.54, 1.807) is 0 Å². The lowest BCUT2D eigenvalue weighted by atomic mass is 9.54. The normalized spacial score (nSPS) is 23.2. The number of carbonyl (C=O) groups is 4. The maximum absolute atomic E-state index is 13.7. The lowest BCUT2D eigenvalue weighted by molar-refractivity contribution is -0.172. The lowest BCUT2D eigenvalue weighted by Crippen LogP contribution is -2.66. The number of hydrogen-bond donors (Lipinski definition) is 3. The van der Waals surface area contributed by atoms with Crippen LogP contribution in [0.5, 0.6) is 11.5 Å². The number of carboxylic acids is 1. The second-order valence-electron chi connectivity index (χ2n) is 11.0. The van der Waals surface area contributed by atoms with Crippen molar-refractivity contribution in [2.24, 2.45) is 11.1 Å². The van der Waals surface area contributed by atoms with E-state index in [2.05, 4.69) is 5.32 Å². The molecule has 0 aliphatic heterocycles. The van der Waals surface area contributed by atoms with Crippen LogP contribution in [-0.4, -0.2) is 59.6 Å². The van der Waals surface area contributed by atoms with E-state index in [1.165, 1.54) is 24.3 Å². The number of benzene rings is 2. The average Bonchev–Trinajstić information content (AvgIpc) is 2.95. The largest absolute Gasteiger partial charge is 0.486 e. The molecule has 3 aliphatic carbocycles. The van der Waals surface area contributed by atoms with E-state index in [4.69, 9.17) is 48.3 Å². The Bertz CT molecular complexity index is 1400. The molecule has 232 valence electrons. The van der Waals surface area contributed by atoms with Crippen LogP contribution in [0.2, 0.25) is 10.0 Å². The first-order valence-corrected chi connectivity index (χ1v) is 14.2. The van der Waals surface area contributed by atoms with Crippen LogP contribution in [0, 0.1) is 17.0 Å². The Morgan fingerprint density at radius 3 is 2.05 bits per heavy atom. The number of ketones is 1. The van der Waals surface area contributed by atoms with Gasteiger partial charge in [-0.3, -0.25) is 19.2 Å². The van der Waals surface area contributed by atoms with Gasteiger partial charge in [0.25, 0.3) is 5.91 Å². The maximum atomic E-state index is 13.7. The summed E-state index contributed by atoms with van der Waals surface area (Å²) in [6, 6.07) is 6.12. The van der Waals surface area contributed by atoms with Crippen LogP contribution in [0.25, 0.3) is 0 Å². The van der Waals surface area contributed by atoms with Crippen molar-refractivity contribution in [3.63, 3.8) is 0 Å². The molecular weight excluding hydrogens is 613 g/mol. The third kappa shape index (κ3) is 8.12. The average molecular weight is 643 g/mol. The summed E-state index contributed by atoms with van der Waals surface area (Å²) in [5.41, 5.74) is 3.93. The van der Waals surface area contributed by atoms with E-state index in [-0.39, 0.29) is 46.8 Å². The summed E-state index contributed by atoms with van der Waals surface area (Å²) in [6.45, 7) is -0.773. The van der Waals surface area contributed by atoms with E-state index in [1.807, 2.05) is 0 Å².